The van der Waals surface area contributed by atoms with Crippen LogP contribution in [-0.4, -0.2) is 73.9 Å². The van der Waals surface area contributed by atoms with E-state index in [4.69, 9.17) is 5.73 Å². The molecule has 1 aliphatic carbocycles. The van der Waals surface area contributed by atoms with Gasteiger partial charge >= 0.3 is 6.18 Å². The topological polar surface area (TPSA) is 122 Å². The van der Waals surface area contributed by atoms with Gasteiger partial charge in [-0.2, -0.15) is 13.2 Å². The molecule has 1 aliphatic heterocycles. The summed E-state index contributed by atoms with van der Waals surface area (Å²) in [5, 5.41) is 3.07. The van der Waals surface area contributed by atoms with Gasteiger partial charge in [0, 0.05) is 55.3 Å². The van der Waals surface area contributed by atoms with Crippen molar-refractivity contribution in [2.45, 2.75) is 37.5 Å². The number of rotatable bonds is 8. The SMILES string of the molecule is CN(CC=CC(=O)N1CC[C@@H](n2cc(-c3ccc(C(=O)Nc4cc(C(F)(F)F)ccn4)cc3)c3c(N)ncnc32)C1)C1CC1. The number of halogens is 3. The number of anilines is 2. The van der Waals surface area contributed by atoms with Gasteiger partial charge in [0.1, 0.15) is 23.6 Å². The number of hydrogen-bond acceptors (Lipinski definition) is 7. The van der Waals surface area contributed by atoms with Crippen LogP contribution < -0.4 is 11.1 Å². The highest BCUT2D eigenvalue weighted by Crippen LogP contribution is 2.36. The minimum Gasteiger partial charge on any atom is -0.383 e. The van der Waals surface area contributed by atoms with Gasteiger partial charge in [0.2, 0.25) is 5.91 Å². The molecule has 13 heteroatoms. The summed E-state index contributed by atoms with van der Waals surface area (Å²) in [5.41, 5.74) is 7.79. The van der Waals surface area contributed by atoms with Crippen molar-refractivity contribution in [3.63, 3.8) is 0 Å². The van der Waals surface area contributed by atoms with Crippen molar-refractivity contribution in [3.8, 4) is 11.1 Å². The summed E-state index contributed by atoms with van der Waals surface area (Å²) in [7, 11) is 2.07. The van der Waals surface area contributed by atoms with Gasteiger partial charge in [0.05, 0.1) is 17.0 Å². The lowest BCUT2D eigenvalue weighted by Crippen LogP contribution is -2.28. The van der Waals surface area contributed by atoms with Crippen LogP contribution in [0.15, 0.2) is 67.3 Å². The first-order valence-corrected chi connectivity index (χ1v) is 14.3. The zero-order valence-electron chi connectivity index (χ0n) is 24.0. The molecule has 0 bridgehead atoms. The highest BCUT2D eigenvalue weighted by Gasteiger charge is 2.31. The first kappa shape index (κ1) is 29.3. The molecule has 4 aromatic rings. The summed E-state index contributed by atoms with van der Waals surface area (Å²) in [4.78, 5) is 42.2. The molecule has 4 heterocycles. The molecule has 1 saturated heterocycles. The number of amides is 2. The lowest BCUT2D eigenvalue weighted by atomic mass is 10.0. The Hall–Kier alpha value is -4.78. The first-order valence-electron chi connectivity index (χ1n) is 14.3. The van der Waals surface area contributed by atoms with Crippen LogP contribution in [0.5, 0.6) is 0 Å². The Kier molecular flexibility index (Phi) is 7.80. The summed E-state index contributed by atoms with van der Waals surface area (Å²) in [5.74, 6) is -0.517. The van der Waals surface area contributed by atoms with Crippen LogP contribution in [0.3, 0.4) is 0 Å². The maximum Gasteiger partial charge on any atom is 0.416 e. The molecule has 2 aliphatic rings. The van der Waals surface area contributed by atoms with E-state index < -0.39 is 17.6 Å². The Morgan fingerprint density at radius 2 is 1.89 bits per heavy atom. The quantitative estimate of drug-likeness (QED) is 0.278. The Morgan fingerprint density at radius 3 is 2.61 bits per heavy atom. The number of hydrogen-bond donors (Lipinski definition) is 2. The van der Waals surface area contributed by atoms with E-state index in [1.807, 2.05) is 21.7 Å². The van der Waals surface area contributed by atoms with Crippen molar-refractivity contribution >= 4 is 34.5 Å². The van der Waals surface area contributed by atoms with Gasteiger partial charge in [-0.3, -0.25) is 14.5 Å². The molecule has 1 atom stereocenters. The van der Waals surface area contributed by atoms with Crippen molar-refractivity contribution in [2.75, 3.05) is 37.7 Å². The van der Waals surface area contributed by atoms with E-state index in [-0.39, 0.29) is 23.3 Å². The number of fused-ring (bicyclic) bond motifs is 1. The molecule has 0 unspecified atom stereocenters. The van der Waals surface area contributed by atoms with E-state index in [1.165, 1.54) is 19.2 Å². The van der Waals surface area contributed by atoms with E-state index in [9.17, 15) is 22.8 Å². The highest BCUT2D eigenvalue weighted by molar-refractivity contribution is 6.05. The number of carbonyl (C=O) groups is 2. The van der Waals surface area contributed by atoms with Gasteiger partial charge < -0.3 is 20.5 Å². The smallest absolute Gasteiger partial charge is 0.383 e. The van der Waals surface area contributed by atoms with Crippen LogP contribution >= 0.6 is 0 Å². The van der Waals surface area contributed by atoms with E-state index >= 15 is 0 Å². The van der Waals surface area contributed by atoms with Crippen LogP contribution in [0.2, 0.25) is 0 Å². The van der Waals surface area contributed by atoms with Crippen molar-refractivity contribution in [1.29, 1.82) is 0 Å². The number of nitrogens with zero attached hydrogens (tertiary/aromatic N) is 6. The number of likely N-dealkylation sites (N-methyl/N-ethyl adjacent to an activating group) is 1. The minimum atomic E-state index is -4.55. The third kappa shape index (κ3) is 6.13. The largest absolute Gasteiger partial charge is 0.416 e. The van der Waals surface area contributed by atoms with Crippen LogP contribution in [0.4, 0.5) is 24.8 Å². The third-order valence-electron chi connectivity index (χ3n) is 8.12. The van der Waals surface area contributed by atoms with Crippen molar-refractivity contribution in [2.24, 2.45) is 0 Å². The number of alkyl halides is 3. The van der Waals surface area contributed by atoms with Crippen LogP contribution in [0.25, 0.3) is 22.2 Å². The van der Waals surface area contributed by atoms with Gasteiger partial charge in [-0.25, -0.2) is 15.0 Å². The molecule has 3 N–H and O–H groups in total. The van der Waals surface area contributed by atoms with Crippen molar-refractivity contribution in [1.82, 2.24) is 29.3 Å². The molecule has 1 saturated carbocycles. The second-order valence-electron chi connectivity index (χ2n) is 11.2. The zero-order valence-corrected chi connectivity index (χ0v) is 24.0. The number of nitrogen functional groups attached to an aromatic ring is 1. The second kappa shape index (κ2) is 11.7. The van der Waals surface area contributed by atoms with E-state index in [1.54, 1.807) is 30.3 Å². The number of pyridine rings is 1. The van der Waals surface area contributed by atoms with Gasteiger partial charge in [0.25, 0.3) is 5.91 Å². The average molecular weight is 605 g/mol. The first-order chi connectivity index (χ1) is 21.1. The molecule has 2 fully saturated rings. The Bertz CT molecular complexity index is 1730. The zero-order chi connectivity index (χ0) is 31.0. The Labute approximate surface area is 251 Å². The number of benzene rings is 1. The number of likely N-dealkylation sites (tertiary alicyclic amines) is 1. The summed E-state index contributed by atoms with van der Waals surface area (Å²) >= 11 is 0. The fraction of sp³-hybridized carbons (Fsp3) is 0.323. The normalized spacial score (nSPS) is 17.2. The fourth-order valence-electron chi connectivity index (χ4n) is 5.53. The van der Waals surface area contributed by atoms with Crippen LogP contribution in [0, 0.1) is 0 Å². The standard InChI is InChI=1S/C31H31F3N8O2/c1-40(22-8-9-22)13-2-3-26(43)41-14-11-23(16-41)42-17-24(27-28(35)37-18-38-29(27)42)19-4-6-20(7-5-19)30(44)39-25-15-21(10-12-36-25)31(32,33)34/h2-7,10,12,15,17-18,22-23H,8-9,11,13-14,16H2,1H3,(H2,35,37,38)(H,36,39,44)/t23-/m1/s1. The average Bonchev–Trinajstić information content (AvgIpc) is 3.61. The molecule has 10 nitrogen and oxygen atoms in total. The number of carbonyl (C=O) groups excluding carboxylic acids is 2. The molecule has 44 heavy (non-hydrogen) atoms. The number of nitrogens with one attached hydrogen (secondary N) is 1. The summed E-state index contributed by atoms with van der Waals surface area (Å²) in [6.45, 7) is 1.89. The van der Waals surface area contributed by atoms with E-state index in [0.717, 1.165) is 42.4 Å². The molecule has 2 amide bonds. The second-order valence-corrected chi connectivity index (χ2v) is 11.2. The monoisotopic (exact) mass is 604 g/mol. The molecule has 1 aromatic carbocycles. The Morgan fingerprint density at radius 1 is 1.11 bits per heavy atom. The summed E-state index contributed by atoms with van der Waals surface area (Å²) < 4.78 is 41.1. The van der Waals surface area contributed by atoms with Crippen LogP contribution in [-0.2, 0) is 11.0 Å². The highest BCUT2D eigenvalue weighted by atomic mass is 19.4. The molecule has 3 aromatic heterocycles. The summed E-state index contributed by atoms with van der Waals surface area (Å²) in [6, 6.07) is 8.84. The number of aromatic nitrogens is 4. The molecule has 6 rings (SSSR count). The predicted molar refractivity (Wildman–Crippen MR) is 160 cm³/mol. The molecule has 228 valence electrons. The van der Waals surface area contributed by atoms with Gasteiger partial charge in [-0.05, 0) is 56.1 Å². The third-order valence-corrected chi connectivity index (χ3v) is 8.12. The van der Waals surface area contributed by atoms with E-state index in [2.05, 4.69) is 32.2 Å². The lowest BCUT2D eigenvalue weighted by Gasteiger charge is -2.16. The lowest BCUT2D eigenvalue weighted by molar-refractivity contribution is -0.137. The van der Waals surface area contributed by atoms with Gasteiger partial charge in [0.15, 0.2) is 0 Å². The number of nitrogens with two attached hydrogens (primary N) is 1. The van der Waals surface area contributed by atoms with E-state index in [0.29, 0.717) is 36.0 Å². The Balaban J connectivity index is 1.19. The maximum absolute atomic E-state index is 13.0. The molecule has 0 spiro atoms. The fourth-order valence-corrected chi connectivity index (χ4v) is 5.53. The minimum absolute atomic E-state index is 0.0166. The van der Waals surface area contributed by atoms with Crippen LogP contribution in [0.1, 0.15) is 41.2 Å². The molecular weight excluding hydrogens is 573 g/mol. The maximum atomic E-state index is 13.0. The predicted octanol–water partition coefficient (Wildman–Crippen LogP) is 4.77. The molecular formula is C31H31F3N8O2. The van der Waals surface area contributed by atoms with Crippen molar-refractivity contribution < 1.29 is 22.8 Å². The van der Waals surface area contributed by atoms with Gasteiger partial charge in [-0.15, -0.1) is 0 Å². The van der Waals surface area contributed by atoms with Crippen molar-refractivity contribution in [3.05, 3.63) is 78.4 Å². The molecule has 0 radical (unpaired) electrons. The van der Waals surface area contributed by atoms with Gasteiger partial charge in [-0.1, -0.05) is 18.2 Å². The summed E-state index contributed by atoms with van der Waals surface area (Å²) in [6.07, 6.45) is 6.55.